The van der Waals surface area contributed by atoms with Gasteiger partial charge in [0.15, 0.2) is 5.13 Å². The Morgan fingerprint density at radius 1 is 1.11 bits per heavy atom. The zero-order valence-corrected chi connectivity index (χ0v) is 21.3. The first kappa shape index (κ1) is 28.2. The van der Waals surface area contributed by atoms with Crippen LogP contribution < -0.4 is 27.4 Å². The molecule has 1 aromatic heterocycles. The maximum absolute atomic E-state index is 13.2. The van der Waals surface area contributed by atoms with Crippen LogP contribution in [-0.2, 0) is 27.2 Å². The summed E-state index contributed by atoms with van der Waals surface area (Å²) in [5.41, 5.74) is 12.9. The second-order valence-corrected chi connectivity index (χ2v) is 9.31. The van der Waals surface area contributed by atoms with E-state index in [4.69, 9.17) is 16.9 Å². The number of nitrogens with one attached hydrogen (secondary N) is 4. The van der Waals surface area contributed by atoms with E-state index in [1.54, 1.807) is 14.1 Å². The van der Waals surface area contributed by atoms with Gasteiger partial charge < -0.3 is 32.3 Å². The number of hydrogen-bond donors (Lipinski definition) is 6. The molecule has 0 unspecified atom stereocenters. The van der Waals surface area contributed by atoms with Crippen molar-refractivity contribution in [3.8, 4) is 0 Å². The van der Waals surface area contributed by atoms with Crippen LogP contribution in [0.1, 0.15) is 40.7 Å². The number of primary amides is 1. The van der Waals surface area contributed by atoms with E-state index < -0.39 is 17.9 Å². The molecular formula is C23H32N8O4S. The van der Waals surface area contributed by atoms with E-state index in [1.807, 2.05) is 24.3 Å². The number of amidine groups is 1. The predicted octanol–water partition coefficient (Wildman–Crippen LogP) is 0.687. The van der Waals surface area contributed by atoms with Gasteiger partial charge in [-0.05, 0) is 37.0 Å². The molecule has 0 saturated heterocycles. The molecule has 1 heterocycles. The molecule has 0 radical (unpaired) electrons. The van der Waals surface area contributed by atoms with Crippen LogP contribution in [-0.4, -0.2) is 66.0 Å². The van der Waals surface area contributed by atoms with Crippen LogP contribution in [0.3, 0.4) is 0 Å². The average Bonchev–Trinajstić information content (AvgIpc) is 3.20. The highest BCUT2D eigenvalue weighted by Gasteiger charge is 2.26. The van der Waals surface area contributed by atoms with Crippen LogP contribution in [0.15, 0.2) is 24.3 Å². The zero-order valence-electron chi connectivity index (χ0n) is 20.5. The molecule has 0 aliphatic carbocycles. The molecule has 0 spiro atoms. The fourth-order valence-corrected chi connectivity index (χ4v) is 4.19. The van der Waals surface area contributed by atoms with E-state index in [2.05, 4.69) is 20.9 Å². The largest absolute Gasteiger partial charge is 0.386 e. The molecule has 1 aromatic carbocycles. The number of likely N-dealkylation sites (N-methyl/N-ethyl adjacent to an activating group) is 1. The number of thiazole rings is 1. The van der Waals surface area contributed by atoms with Crippen molar-refractivity contribution in [2.45, 2.75) is 38.6 Å². The topological polar surface area (TPSA) is 196 Å². The maximum atomic E-state index is 13.2. The minimum absolute atomic E-state index is 0.0348. The monoisotopic (exact) mass is 516 g/mol. The molecule has 0 aliphatic rings. The maximum Gasteiger partial charge on any atom is 0.264 e. The van der Waals surface area contributed by atoms with Crippen molar-refractivity contribution in [2.24, 2.45) is 11.5 Å². The zero-order chi connectivity index (χ0) is 26.8. The lowest BCUT2D eigenvalue weighted by Crippen LogP contribution is -2.46. The normalized spacial score (nSPS) is 11.3. The van der Waals surface area contributed by atoms with Gasteiger partial charge in [0.2, 0.25) is 17.7 Å². The van der Waals surface area contributed by atoms with E-state index in [1.165, 1.54) is 11.8 Å². The van der Waals surface area contributed by atoms with Crippen LogP contribution in [0.25, 0.3) is 0 Å². The summed E-state index contributed by atoms with van der Waals surface area (Å²) in [5, 5.41) is 15.9. The molecule has 13 heteroatoms. The number of hydrogen-bond acceptors (Lipinski definition) is 8. The fourth-order valence-electron chi connectivity index (χ4n) is 3.23. The predicted molar refractivity (Wildman–Crippen MR) is 139 cm³/mol. The van der Waals surface area contributed by atoms with Gasteiger partial charge >= 0.3 is 0 Å². The highest BCUT2D eigenvalue weighted by molar-refractivity contribution is 7.17. The van der Waals surface area contributed by atoms with Crippen molar-refractivity contribution in [2.75, 3.05) is 31.3 Å². The standard InChI is InChI=1S/C23H32N8O4S/c1-13(32)28-23-30-16(9-6-14-4-7-15(8-5-14)27-12-18(24)25)20(36-23)21(34)29-17(10-11-19(26)33)22(35)31(2)3/h4-5,7-8,17,27H,6,9-12H2,1-3H3,(H3,24,25)(H2,26,33)(H,29,34)(H,28,30,32)/t17-/m0/s1. The molecule has 0 bridgehead atoms. The first-order chi connectivity index (χ1) is 17.0. The van der Waals surface area contributed by atoms with Gasteiger partial charge in [0.05, 0.1) is 12.2 Å². The summed E-state index contributed by atoms with van der Waals surface area (Å²) in [6, 6.07) is 6.63. The van der Waals surface area contributed by atoms with Crippen LogP contribution in [0, 0.1) is 5.41 Å². The summed E-state index contributed by atoms with van der Waals surface area (Å²) in [6.07, 6.45) is 0.980. The van der Waals surface area contributed by atoms with Gasteiger partial charge in [-0.2, -0.15) is 0 Å². The molecule has 0 aliphatic heterocycles. The van der Waals surface area contributed by atoms with Gasteiger partial charge in [-0.25, -0.2) is 4.98 Å². The Balaban J connectivity index is 2.19. The smallest absolute Gasteiger partial charge is 0.264 e. The molecule has 0 saturated carbocycles. The van der Waals surface area contributed by atoms with E-state index in [9.17, 15) is 19.2 Å². The Bertz CT molecular complexity index is 1110. The lowest BCUT2D eigenvalue weighted by molar-refractivity contribution is -0.131. The number of benzene rings is 1. The van der Waals surface area contributed by atoms with Crippen LogP contribution >= 0.6 is 11.3 Å². The third kappa shape index (κ3) is 8.98. The minimum Gasteiger partial charge on any atom is -0.386 e. The Morgan fingerprint density at radius 2 is 1.78 bits per heavy atom. The number of carbonyl (C=O) groups excluding carboxylic acids is 4. The molecule has 36 heavy (non-hydrogen) atoms. The summed E-state index contributed by atoms with van der Waals surface area (Å²) < 4.78 is 0. The molecular weight excluding hydrogens is 484 g/mol. The van der Waals surface area contributed by atoms with E-state index in [0.717, 1.165) is 22.6 Å². The Hall–Kier alpha value is -4.00. The number of amides is 4. The summed E-state index contributed by atoms with van der Waals surface area (Å²) in [7, 11) is 3.11. The van der Waals surface area contributed by atoms with Gasteiger partial charge in [-0.1, -0.05) is 23.5 Å². The van der Waals surface area contributed by atoms with Crippen LogP contribution in [0.2, 0.25) is 0 Å². The molecule has 2 aromatic rings. The number of nitrogens with zero attached hydrogens (tertiary/aromatic N) is 2. The van der Waals surface area contributed by atoms with E-state index in [-0.39, 0.29) is 47.0 Å². The van der Waals surface area contributed by atoms with Crippen molar-refractivity contribution < 1.29 is 19.2 Å². The van der Waals surface area contributed by atoms with Gasteiger partial charge in [-0.15, -0.1) is 0 Å². The molecule has 12 nitrogen and oxygen atoms in total. The number of rotatable bonds is 13. The lowest BCUT2D eigenvalue weighted by Gasteiger charge is -2.21. The Morgan fingerprint density at radius 3 is 2.33 bits per heavy atom. The van der Waals surface area contributed by atoms with Gasteiger partial charge in [0, 0.05) is 33.1 Å². The fraction of sp³-hybridized carbons (Fsp3) is 0.391. The third-order valence-electron chi connectivity index (χ3n) is 5.00. The minimum atomic E-state index is -0.936. The van der Waals surface area contributed by atoms with Crippen molar-refractivity contribution >= 4 is 51.6 Å². The number of nitrogens with two attached hydrogens (primary N) is 2. The van der Waals surface area contributed by atoms with Crippen molar-refractivity contribution in [1.29, 1.82) is 5.41 Å². The van der Waals surface area contributed by atoms with Gasteiger partial charge in [0.25, 0.3) is 5.91 Å². The molecule has 8 N–H and O–H groups in total. The SMILES string of the molecule is CC(=O)Nc1nc(CCc2ccc(NCC(=N)N)cc2)c(C(=O)N[C@@H](CCC(N)=O)C(=O)N(C)C)s1. The number of aryl methyl sites for hydroxylation is 2. The van der Waals surface area contributed by atoms with Crippen LogP contribution in [0.5, 0.6) is 0 Å². The Kier molecular flexibility index (Phi) is 10.3. The van der Waals surface area contributed by atoms with Crippen LogP contribution in [0.4, 0.5) is 10.8 Å². The first-order valence-corrected chi connectivity index (χ1v) is 12.0. The first-order valence-electron chi connectivity index (χ1n) is 11.2. The Labute approximate surface area is 213 Å². The summed E-state index contributed by atoms with van der Waals surface area (Å²) in [4.78, 5) is 54.5. The summed E-state index contributed by atoms with van der Waals surface area (Å²) in [6.45, 7) is 1.59. The van der Waals surface area contributed by atoms with Gasteiger partial charge in [-0.3, -0.25) is 24.6 Å². The van der Waals surface area contributed by atoms with Crippen molar-refractivity contribution in [3.05, 3.63) is 40.4 Å². The number of carbonyl (C=O) groups is 4. The summed E-state index contributed by atoms with van der Waals surface area (Å²) in [5.74, 6) is -1.75. The lowest BCUT2D eigenvalue weighted by atomic mass is 10.1. The van der Waals surface area contributed by atoms with Crippen molar-refractivity contribution in [1.82, 2.24) is 15.2 Å². The number of anilines is 2. The third-order valence-corrected chi connectivity index (χ3v) is 6.01. The molecule has 2 rings (SSSR count). The van der Waals surface area contributed by atoms with E-state index in [0.29, 0.717) is 18.5 Å². The second kappa shape index (κ2) is 13.2. The van der Waals surface area contributed by atoms with E-state index >= 15 is 0 Å². The second-order valence-electron chi connectivity index (χ2n) is 8.32. The average molecular weight is 517 g/mol. The molecule has 194 valence electrons. The van der Waals surface area contributed by atoms with Crippen molar-refractivity contribution in [3.63, 3.8) is 0 Å². The highest BCUT2D eigenvalue weighted by atomic mass is 32.1. The molecule has 0 fully saturated rings. The van der Waals surface area contributed by atoms with Gasteiger partial charge in [0.1, 0.15) is 16.8 Å². The quantitative estimate of drug-likeness (QED) is 0.166. The summed E-state index contributed by atoms with van der Waals surface area (Å²) >= 11 is 1.02. The molecule has 1 atom stereocenters. The molecule has 4 amide bonds. The highest BCUT2D eigenvalue weighted by Crippen LogP contribution is 2.25. The number of aromatic nitrogens is 1.